The third-order valence-corrected chi connectivity index (χ3v) is 2.44. The number of halogens is 2. The zero-order valence-corrected chi connectivity index (χ0v) is 9.26. The number of nitrogens with zero attached hydrogens (tertiary/aromatic N) is 1. The van der Waals surface area contributed by atoms with Crippen LogP contribution in [0, 0.1) is 11.8 Å². The molecule has 0 aliphatic carbocycles. The molecule has 1 rings (SSSR count). The van der Waals surface area contributed by atoms with Crippen LogP contribution < -0.4 is 4.74 Å². The van der Waals surface area contributed by atoms with Gasteiger partial charge in [-0.05, 0) is 35.4 Å². The molecule has 0 heterocycles. The summed E-state index contributed by atoms with van der Waals surface area (Å²) in [6, 6.07) is 3.30. The second-order valence-electron chi connectivity index (χ2n) is 2.79. The third-order valence-electron chi connectivity index (χ3n) is 1.82. The molecule has 0 amide bonds. The van der Waals surface area contributed by atoms with Gasteiger partial charge in [0.2, 0.25) is 0 Å². The molecule has 0 N–H and O–H groups in total. The molecule has 5 heteroatoms. The summed E-state index contributed by atoms with van der Waals surface area (Å²) >= 11 is 11.6. The first-order chi connectivity index (χ1) is 6.60. The number of nitroso groups, excluding NO2 is 1. The highest BCUT2D eigenvalue weighted by Gasteiger charge is 2.12. The van der Waals surface area contributed by atoms with E-state index in [-0.39, 0.29) is 0 Å². The maximum absolute atomic E-state index is 10.2. The fraction of sp³-hybridized carbons (Fsp3) is 0.333. The molecular weight excluding hydrogens is 225 g/mol. The second kappa shape index (κ2) is 4.62. The molecule has 1 aromatic rings. The smallest absolute Gasteiger partial charge is 0.190 e. The number of hydrogen-bond acceptors (Lipinski definition) is 3. The highest BCUT2D eigenvalue weighted by molar-refractivity contribution is 6.32. The van der Waals surface area contributed by atoms with Crippen molar-refractivity contribution < 1.29 is 4.74 Å². The molecule has 1 atom stereocenters. The van der Waals surface area contributed by atoms with Crippen LogP contribution >= 0.6 is 23.2 Å². The van der Waals surface area contributed by atoms with Crippen LogP contribution in [-0.4, -0.2) is 7.11 Å². The molecule has 0 aromatic heterocycles. The van der Waals surface area contributed by atoms with Crippen LogP contribution in [0.5, 0.6) is 5.75 Å². The Labute approximate surface area is 91.9 Å². The average Bonchev–Trinajstić information content (AvgIpc) is 2.16. The molecule has 0 radical (unpaired) electrons. The van der Waals surface area contributed by atoms with Gasteiger partial charge in [-0.25, -0.2) is 0 Å². The number of aryl methyl sites for hydroxylation is 1. The molecule has 0 saturated carbocycles. The first kappa shape index (κ1) is 11.3. The lowest BCUT2D eigenvalue weighted by Gasteiger charge is -2.09. The first-order valence-electron chi connectivity index (χ1n) is 3.90. The van der Waals surface area contributed by atoms with Crippen LogP contribution in [0.1, 0.15) is 16.6 Å². The Morgan fingerprint density at radius 1 is 1.50 bits per heavy atom. The topological polar surface area (TPSA) is 38.7 Å². The van der Waals surface area contributed by atoms with Crippen LogP contribution in [0.3, 0.4) is 0 Å². The van der Waals surface area contributed by atoms with Gasteiger partial charge in [0.05, 0.1) is 12.1 Å². The highest BCUT2D eigenvalue weighted by atomic mass is 35.5. The Morgan fingerprint density at radius 3 is 2.57 bits per heavy atom. The summed E-state index contributed by atoms with van der Waals surface area (Å²) in [5.74, 6) is 0.588. The van der Waals surface area contributed by atoms with Gasteiger partial charge in [-0.15, -0.1) is 4.91 Å². The molecule has 0 aliphatic heterocycles. The van der Waals surface area contributed by atoms with Crippen molar-refractivity contribution in [3.8, 4) is 5.75 Å². The number of alkyl halides is 1. The number of benzene rings is 1. The van der Waals surface area contributed by atoms with E-state index in [1.54, 1.807) is 12.1 Å². The molecule has 1 unspecified atom stereocenters. The van der Waals surface area contributed by atoms with E-state index < -0.39 is 5.50 Å². The molecular formula is C9H9Cl2NO2. The lowest BCUT2D eigenvalue weighted by atomic mass is 10.1. The Bertz CT molecular complexity index is 332. The van der Waals surface area contributed by atoms with Crippen molar-refractivity contribution in [2.75, 3.05) is 7.11 Å². The number of methoxy groups -OCH3 is 1. The van der Waals surface area contributed by atoms with Gasteiger partial charge in [0, 0.05) is 0 Å². The van der Waals surface area contributed by atoms with Crippen LogP contribution in [0.4, 0.5) is 0 Å². The van der Waals surface area contributed by atoms with E-state index >= 15 is 0 Å². The van der Waals surface area contributed by atoms with Gasteiger partial charge < -0.3 is 4.74 Å². The van der Waals surface area contributed by atoms with Gasteiger partial charge in [-0.1, -0.05) is 23.2 Å². The minimum Gasteiger partial charge on any atom is -0.495 e. The number of ether oxygens (including phenoxy) is 1. The van der Waals surface area contributed by atoms with Crippen molar-refractivity contribution in [1.82, 2.24) is 0 Å². The van der Waals surface area contributed by atoms with Gasteiger partial charge >= 0.3 is 0 Å². The van der Waals surface area contributed by atoms with E-state index in [1.165, 1.54) is 7.11 Å². The lowest BCUT2D eigenvalue weighted by molar-refractivity contribution is 0.412. The predicted molar refractivity (Wildman–Crippen MR) is 57.1 cm³/mol. The fourth-order valence-corrected chi connectivity index (χ4v) is 1.69. The summed E-state index contributed by atoms with van der Waals surface area (Å²) < 4.78 is 5.06. The predicted octanol–water partition coefficient (Wildman–Crippen LogP) is 3.66. The SMILES string of the molecule is COc1c(C)cc(C(Cl)N=O)cc1Cl. The molecule has 3 nitrogen and oxygen atoms in total. The summed E-state index contributed by atoms with van der Waals surface area (Å²) in [5, 5.41) is 3.14. The summed E-state index contributed by atoms with van der Waals surface area (Å²) in [4.78, 5) is 10.2. The highest BCUT2D eigenvalue weighted by Crippen LogP contribution is 2.33. The minimum absolute atomic E-state index is 0.428. The fourth-order valence-electron chi connectivity index (χ4n) is 1.21. The van der Waals surface area contributed by atoms with Gasteiger partial charge in [0.25, 0.3) is 0 Å². The third kappa shape index (κ3) is 2.16. The molecule has 0 spiro atoms. The van der Waals surface area contributed by atoms with Gasteiger partial charge in [0.15, 0.2) is 5.50 Å². The van der Waals surface area contributed by atoms with Crippen LogP contribution in [0.25, 0.3) is 0 Å². The van der Waals surface area contributed by atoms with E-state index in [0.717, 1.165) is 5.56 Å². The summed E-state index contributed by atoms with van der Waals surface area (Å²) in [5.41, 5.74) is 0.492. The summed E-state index contributed by atoms with van der Waals surface area (Å²) in [7, 11) is 1.53. The molecule has 14 heavy (non-hydrogen) atoms. The Hall–Kier alpha value is -0.800. The van der Waals surface area contributed by atoms with Crippen molar-refractivity contribution in [2.24, 2.45) is 5.18 Å². The Balaban J connectivity index is 3.20. The van der Waals surface area contributed by atoms with E-state index in [4.69, 9.17) is 27.9 Å². The normalized spacial score (nSPS) is 12.3. The van der Waals surface area contributed by atoms with Gasteiger partial charge in [-0.2, -0.15) is 0 Å². The number of hydrogen-bond donors (Lipinski definition) is 0. The Kier molecular flexibility index (Phi) is 3.72. The first-order valence-corrected chi connectivity index (χ1v) is 4.72. The standard InChI is InChI=1S/C9H9Cl2NO2/c1-5-3-6(9(11)12-13)4-7(10)8(5)14-2/h3-4,9H,1-2H3. The van der Waals surface area contributed by atoms with Crippen LogP contribution in [0.2, 0.25) is 5.02 Å². The van der Waals surface area contributed by atoms with Gasteiger partial charge in [-0.3, -0.25) is 0 Å². The van der Waals surface area contributed by atoms with E-state index in [0.29, 0.717) is 16.3 Å². The quantitative estimate of drug-likeness (QED) is 0.454. The zero-order chi connectivity index (χ0) is 10.7. The maximum atomic E-state index is 10.2. The summed E-state index contributed by atoms with van der Waals surface area (Å²) in [6.07, 6.45) is 0. The van der Waals surface area contributed by atoms with Crippen LogP contribution in [-0.2, 0) is 0 Å². The van der Waals surface area contributed by atoms with Crippen molar-refractivity contribution >= 4 is 23.2 Å². The van der Waals surface area contributed by atoms with Crippen molar-refractivity contribution in [2.45, 2.75) is 12.4 Å². The van der Waals surface area contributed by atoms with Crippen LogP contribution in [0.15, 0.2) is 17.3 Å². The monoisotopic (exact) mass is 233 g/mol. The summed E-state index contributed by atoms with van der Waals surface area (Å²) in [6.45, 7) is 1.82. The molecule has 76 valence electrons. The van der Waals surface area contributed by atoms with Crippen molar-refractivity contribution in [3.63, 3.8) is 0 Å². The molecule has 0 saturated heterocycles. The van der Waals surface area contributed by atoms with Crippen molar-refractivity contribution in [1.29, 1.82) is 0 Å². The molecule has 0 bridgehead atoms. The molecule has 1 aromatic carbocycles. The van der Waals surface area contributed by atoms with E-state index in [2.05, 4.69) is 5.18 Å². The Morgan fingerprint density at radius 2 is 2.14 bits per heavy atom. The molecule has 0 fully saturated rings. The van der Waals surface area contributed by atoms with Gasteiger partial charge in [0.1, 0.15) is 5.75 Å². The lowest BCUT2D eigenvalue weighted by Crippen LogP contribution is -1.92. The molecule has 0 aliphatic rings. The maximum Gasteiger partial charge on any atom is 0.190 e. The number of rotatable bonds is 3. The van der Waals surface area contributed by atoms with E-state index in [1.807, 2.05) is 6.92 Å². The van der Waals surface area contributed by atoms with E-state index in [9.17, 15) is 4.91 Å². The largest absolute Gasteiger partial charge is 0.495 e. The average molecular weight is 234 g/mol. The zero-order valence-electron chi connectivity index (χ0n) is 7.75. The van der Waals surface area contributed by atoms with Crippen molar-refractivity contribution in [3.05, 3.63) is 33.2 Å². The minimum atomic E-state index is -0.905. The second-order valence-corrected chi connectivity index (χ2v) is 3.61.